The van der Waals surface area contributed by atoms with Crippen LogP contribution in [0.3, 0.4) is 0 Å². The Labute approximate surface area is 179 Å². The fourth-order valence-electron chi connectivity index (χ4n) is 3.01. The largest absolute Gasteiger partial charge is 0.494 e. The summed E-state index contributed by atoms with van der Waals surface area (Å²) >= 11 is 0. The Balaban J connectivity index is 2.00. The summed E-state index contributed by atoms with van der Waals surface area (Å²) in [7, 11) is 1.52. The zero-order valence-electron chi connectivity index (χ0n) is 18.5. The van der Waals surface area contributed by atoms with Crippen LogP contribution in [0, 0.1) is 6.92 Å². The van der Waals surface area contributed by atoms with Crippen LogP contribution in [0.2, 0.25) is 0 Å². The Hall–Kier alpha value is -3.02. The summed E-state index contributed by atoms with van der Waals surface area (Å²) in [6.07, 6.45) is 2.26. The lowest BCUT2D eigenvalue weighted by atomic mass is 10.0. The van der Waals surface area contributed by atoms with Gasteiger partial charge in [0.25, 0.3) is 5.91 Å². The van der Waals surface area contributed by atoms with Crippen molar-refractivity contribution in [2.24, 2.45) is 0 Å². The fourth-order valence-corrected chi connectivity index (χ4v) is 3.01. The van der Waals surface area contributed by atoms with E-state index >= 15 is 0 Å². The summed E-state index contributed by atoms with van der Waals surface area (Å²) in [6, 6.07) is 11.1. The minimum atomic E-state index is -0.270. The number of amides is 2. The fraction of sp³-hybridized carbons (Fsp3) is 0.417. The summed E-state index contributed by atoms with van der Waals surface area (Å²) in [4.78, 5) is 24.4. The van der Waals surface area contributed by atoms with Gasteiger partial charge in [-0.15, -0.1) is 0 Å². The van der Waals surface area contributed by atoms with E-state index in [0.717, 1.165) is 29.7 Å². The summed E-state index contributed by atoms with van der Waals surface area (Å²) < 4.78 is 11.1. The van der Waals surface area contributed by atoms with Crippen LogP contribution < -0.4 is 20.1 Å². The Morgan fingerprint density at radius 1 is 1.00 bits per heavy atom. The van der Waals surface area contributed by atoms with Crippen LogP contribution in [0.5, 0.6) is 11.5 Å². The van der Waals surface area contributed by atoms with E-state index in [9.17, 15) is 9.59 Å². The van der Waals surface area contributed by atoms with E-state index in [-0.39, 0.29) is 18.4 Å². The standard InChI is InChI=1S/C24H32N2O4/c1-6-7-8-23(27)26-20-12-10-18(14-22(20)29-5)25-24(28)15-30-21-13-17(4)9-11-19(21)16(2)3/h9-14,16H,6-8,15H2,1-5H3,(H,25,28)(H,26,27). The average molecular weight is 413 g/mol. The third kappa shape index (κ3) is 6.79. The topological polar surface area (TPSA) is 76.7 Å². The predicted molar refractivity (Wildman–Crippen MR) is 121 cm³/mol. The molecule has 6 heteroatoms. The molecule has 2 aromatic carbocycles. The van der Waals surface area contributed by atoms with Crippen molar-refractivity contribution in [2.75, 3.05) is 24.4 Å². The zero-order chi connectivity index (χ0) is 22.1. The molecule has 0 aromatic heterocycles. The van der Waals surface area contributed by atoms with Gasteiger partial charge in [0.2, 0.25) is 5.91 Å². The normalized spacial score (nSPS) is 10.6. The van der Waals surface area contributed by atoms with E-state index in [1.54, 1.807) is 18.2 Å². The first-order valence-corrected chi connectivity index (χ1v) is 10.3. The van der Waals surface area contributed by atoms with Gasteiger partial charge >= 0.3 is 0 Å². The average Bonchev–Trinajstić information content (AvgIpc) is 2.71. The number of unbranched alkanes of at least 4 members (excludes halogenated alkanes) is 1. The molecule has 0 atom stereocenters. The molecule has 0 spiro atoms. The highest BCUT2D eigenvalue weighted by molar-refractivity contribution is 5.95. The van der Waals surface area contributed by atoms with Gasteiger partial charge in [0.1, 0.15) is 11.5 Å². The number of hydrogen-bond donors (Lipinski definition) is 2. The molecule has 0 unspecified atom stereocenters. The van der Waals surface area contributed by atoms with Crippen molar-refractivity contribution in [1.82, 2.24) is 0 Å². The van der Waals surface area contributed by atoms with Crippen LogP contribution in [0.15, 0.2) is 36.4 Å². The quantitative estimate of drug-likeness (QED) is 0.557. The highest BCUT2D eigenvalue weighted by Crippen LogP contribution is 2.29. The maximum absolute atomic E-state index is 12.4. The Bertz CT molecular complexity index is 878. The Morgan fingerprint density at radius 2 is 1.77 bits per heavy atom. The Morgan fingerprint density at radius 3 is 2.43 bits per heavy atom. The molecule has 6 nitrogen and oxygen atoms in total. The smallest absolute Gasteiger partial charge is 0.262 e. The SMILES string of the molecule is CCCCC(=O)Nc1ccc(NC(=O)COc2cc(C)ccc2C(C)C)cc1OC. The highest BCUT2D eigenvalue weighted by atomic mass is 16.5. The molecular weight excluding hydrogens is 380 g/mol. The van der Waals surface area contributed by atoms with Crippen molar-refractivity contribution in [1.29, 1.82) is 0 Å². The van der Waals surface area contributed by atoms with E-state index in [4.69, 9.17) is 9.47 Å². The number of anilines is 2. The van der Waals surface area contributed by atoms with Crippen LogP contribution in [0.25, 0.3) is 0 Å². The maximum atomic E-state index is 12.4. The van der Waals surface area contributed by atoms with Gasteiger partial charge in [-0.2, -0.15) is 0 Å². The number of hydrogen-bond acceptors (Lipinski definition) is 4. The first kappa shape index (κ1) is 23.3. The molecule has 30 heavy (non-hydrogen) atoms. The van der Waals surface area contributed by atoms with E-state index in [1.165, 1.54) is 7.11 Å². The summed E-state index contributed by atoms with van der Waals surface area (Å²) in [5.41, 5.74) is 3.30. The maximum Gasteiger partial charge on any atom is 0.262 e. The Kier molecular flexibility index (Phi) is 8.71. The summed E-state index contributed by atoms with van der Waals surface area (Å²) in [5, 5.41) is 5.65. The molecule has 2 N–H and O–H groups in total. The van der Waals surface area contributed by atoms with Gasteiger partial charge < -0.3 is 20.1 Å². The first-order chi connectivity index (χ1) is 14.3. The number of aryl methyl sites for hydroxylation is 1. The zero-order valence-corrected chi connectivity index (χ0v) is 18.5. The van der Waals surface area contributed by atoms with Crippen LogP contribution in [0.4, 0.5) is 11.4 Å². The number of nitrogens with one attached hydrogen (secondary N) is 2. The molecule has 0 aliphatic rings. The molecule has 0 aliphatic carbocycles. The second-order valence-corrected chi connectivity index (χ2v) is 7.60. The van der Waals surface area contributed by atoms with Crippen molar-refractivity contribution in [3.8, 4) is 11.5 Å². The number of ether oxygens (including phenoxy) is 2. The predicted octanol–water partition coefficient (Wildman–Crippen LogP) is 5.27. The molecule has 0 radical (unpaired) electrons. The lowest BCUT2D eigenvalue weighted by Gasteiger charge is -2.15. The molecule has 2 rings (SSSR count). The second-order valence-electron chi connectivity index (χ2n) is 7.60. The molecule has 2 aromatic rings. The van der Waals surface area contributed by atoms with Crippen molar-refractivity contribution in [3.05, 3.63) is 47.5 Å². The molecule has 162 valence electrons. The van der Waals surface area contributed by atoms with Gasteiger partial charge in [-0.1, -0.05) is 39.3 Å². The van der Waals surface area contributed by atoms with E-state index < -0.39 is 0 Å². The van der Waals surface area contributed by atoms with Crippen molar-refractivity contribution in [3.63, 3.8) is 0 Å². The minimum absolute atomic E-state index is 0.0561. The van der Waals surface area contributed by atoms with Crippen molar-refractivity contribution < 1.29 is 19.1 Å². The van der Waals surface area contributed by atoms with Gasteiger partial charge in [-0.25, -0.2) is 0 Å². The van der Waals surface area contributed by atoms with Crippen LogP contribution in [-0.2, 0) is 9.59 Å². The van der Waals surface area contributed by atoms with Gasteiger partial charge in [0, 0.05) is 18.2 Å². The van der Waals surface area contributed by atoms with Crippen molar-refractivity contribution in [2.45, 2.75) is 52.9 Å². The van der Waals surface area contributed by atoms with Gasteiger partial charge in [0.05, 0.1) is 12.8 Å². The molecule has 0 aliphatic heterocycles. The number of rotatable bonds is 10. The lowest BCUT2D eigenvalue weighted by molar-refractivity contribution is -0.118. The second kappa shape index (κ2) is 11.2. The number of carbonyl (C=O) groups is 2. The minimum Gasteiger partial charge on any atom is -0.494 e. The summed E-state index contributed by atoms with van der Waals surface area (Å²) in [5.74, 6) is 1.18. The van der Waals surface area contributed by atoms with Crippen LogP contribution in [0.1, 0.15) is 57.1 Å². The van der Waals surface area contributed by atoms with Crippen molar-refractivity contribution >= 4 is 23.2 Å². The molecule has 0 fully saturated rings. The monoisotopic (exact) mass is 412 g/mol. The molecule has 0 bridgehead atoms. The molecule has 0 saturated carbocycles. The van der Waals surface area contributed by atoms with E-state index in [2.05, 4.69) is 24.5 Å². The van der Waals surface area contributed by atoms with E-state index in [0.29, 0.717) is 29.5 Å². The molecule has 0 saturated heterocycles. The highest BCUT2D eigenvalue weighted by Gasteiger charge is 2.12. The van der Waals surface area contributed by atoms with Gasteiger partial charge in [-0.05, 0) is 48.6 Å². The molecule has 2 amide bonds. The number of benzene rings is 2. The number of methoxy groups -OCH3 is 1. The number of carbonyl (C=O) groups excluding carboxylic acids is 2. The molecular formula is C24H32N2O4. The summed E-state index contributed by atoms with van der Waals surface area (Å²) in [6.45, 7) is 8.11. The molecule has 0 heterocycles. The third-order valence-corrected chi connectivity index (χ3v) is 4.67. The van der Waals surface area contributed by atoms with Gasteiger partial charge in [0.15, 0.2) is 6.61 Å². The van der Waals surface area contributed by atoms with Gasteiger partial charge in [-0.3, -0.25) is 9.59 Å². The third-order valence-electron chi connectivity index (χ3n) is 4.67. The van der Waals surface area contributed by atoms with Crippen LogP contribution in [-0.4, -0.2) is 25.5 Å². The van der Waals surface area contributed by atoms with E-state index in [1.807, 2.05) is 32.0 Å². The van der Waals surface area contributed by atoms with Crippen LogP contribution >= 0.6 is 0 Å². The lowest BCUT2D eigenvalue weighted by Crippen LogP contribution is -2.21. The first-order valence-electron chi connectivity index (χ1n) is 10.3.